The van der Waals surface area contributed by atoms with E-state index in [2.05, 4.69) is 23.3 Å². The van der Waals surface area contributed by atoms with E-state index < -0.39 is 6.10 Å². The molecule has 3 rings (SSSR count). The predicted molar refractivity (Wildman–Crippen MR) is 113 cm³/mol. The highest BCUT2D eigenvalue weighted by Gasteiger charge is 2.22. The minimum atomic E-state index is -0.660. The summed E-state index contributed by atoms with van der Waals surface area (Å²) in [4.78, 5) is 14.5. The maximum Gasteiger partial charge on any atom is 0.161 e. The molecule has 1 aromatic heterocycles. The quantitative estimate of drug-likeness (QED) is 0.564. The van der Waals surface area contributed by atoms with Crippen molar-refractivity contribution in [1.82, 2.24) is 4.90 Å². The summed E-state index contributed by atoms with van der Waals surface area (Å²) in [6.07, 6.45) is 2.48. The highest BCUT2D eigenvalue weighted by Crippen LogP contribution is 2.28. The Hall–Kier alpha value is -1.93. The molecule has 1 aliphatic rings. The fraction of sp³-hybridized carbons (Fsp3) is 0.500. The molecule has 0 aliphatic carbocycles. The third-order valence-corrected chi connectivity index (χ3v) is 6.05. The number of carbonyl (C=O) groups excluding carboxylic acids is 1. The Bertz CT molecular complexity index is 787. The molecule has 2 heterocycles. The summed E-state index contributed by atoms with van der Waals surface area (Å²) in [5, 5.41) is 12.7. The smallest absolute Gasteiger partial charge is 0.161 e. The minimum Gasteiger partial charge on any atom is -0.493 e. The summed E-state index contributed by atoms with van der Waals surface area (Å²) in [6, 6.07) is 7.10. The number of nitrogens with zero attached hydrogens (tertiary/aromatic N) is 1. The van der Waals surface area contributed by atoms with Gasteiger partial charge in [0.05, 0.1) is 13.2 Å². The van der Waals surface area contributed by atoms with Gasteiger partial charge in [-0.05, 0) is 55.0 Å². The number of aryl methyl sites for hydroxylation is 1. The van der Waals surface area contributed by atoms with Gasteiger partial charge in [0.15, 0.2) is 11.5 Å². The standard InChI is InChI=1S/C22H29NO5S/c1-16-7-9-29-22(16)13-23(12-19-4-3-8-27-19)11-18(25)15-28-20-6-5-17(14-24)10-21(20)26-2/h5-7,9-10,14,18-19,25H,3-4,8,11-13,15H2,1-2H3. The van der Waals surface area contributed by atoms with Crippen LogP contribution in [0.4, 0.5) is 0 Å². The molecule has 1 aromatic carbocycles. The van der Waals surface area contributed by atoms with Crippen LogP contribution in [0.5, 0.6) is 11.5 Å². The molecule has 0 amide bonds. The zero-order valence-electron chi connectivity index (χ0n) is 17.0. The number of hydrogen-bond acceptors (Lipinski definition) is 7. The average molecular weight is 420 g/mol. The third-order valence-electron chi connectivity index (χ3n) is 5.05. The van der Waals surface area contributed by atoms with Gasteiger partial charge >= 0.3 is 0 Å². The summed E-state index contributed by atoms with van der Waals surface area (Å²) < 4.78 is 16.9. The van der Waals surface area contributed by atoms with Crippen LogP contribution >= 0.6 is 11.3 Å². The lowest BCUT2D eigenvalue weighted by Crippen LogP contribution is -2.39. The van der Waals surface area contributed by atoms with Gasteiger partial charge in [-0.1, -0.05) is 0 Å². The Labute approximate surface area is 176 Å². The molecule has 1 fully saturated rings. The molecule has 6 nitrogen and oxygen atoms in total. The maximum absolute atomic E-state index is 10.9. The summed E-state index contributed by atoms with van der Waals surface area (Å²) in [5.41, 5.74) is 1.79. The van der Waals surface area contributed by atoms with Crippen LogP contribution in [0.15, 0.2) is 29.6 Å². The number of ether oxygens (including phenoxy) is 3. The molecular formula is C22H29NO5S. The van der Waals surface area contributed by atoms with E-state index in [1.54, 1.807) is 29.5 Å². The number of methoxy groups -OCH3 is 1. The first-order valence-corrected chi connectivity index (χ1v) is 10.8. The number of aldehydes is 1. The van der Waals surface area contributed by atoms with Gasteiger partial charge in [0, 0.05) is 36.7 Å². The van der Waals surface area contributed by atoms with E-state index in [9.17, 15) is 9.90 Å². The fourth-order valence-electron chi connectivity index (χ4n) is 3.46. The van der Waals surface area contributed by atoms with Crippen molar-refractivity contribution in [1.29, 1.82) is 0 Å². The van der Waals surface area contributed by atoms with Crippen LogP contribution in [0.1, 0.15) is 33.6 Å². The summed E-state index contributed by atoms with van der Waals surface area (Å²) in [7, 11) is 1.53. The number of aliphatic hydroxyl groups is 1. The van der Waals surface area contributed by atoms with E-state index in [1.807, 2.05) is 0 Å². The molecule has 0 saturated carbocycles. The topological polar surface area (TPSA) is 68.2 Å². The molecule has 158 valence electrons. The fourth-order valence-corrected chi connectivity index (χ4v) is 4.41. The van der Waals surface area contributed by atoms with Crippen molar-refractivity contribution in [3.63, 3.8) is 0 Å². The molecule has 29 heavy (non-hydrogen) atoms. The van der Waals surface area contributed by atoms with Crippen LogP contribution in [-0.4, -0.2) is 61.9 Å². The molecule has 2 aromatic rings. The second kappa shape index (κ2) is 10.7. The van der Waals surface area contributed by atoms with Crippen LogP contribution in [0, 0.1) is 6.92 Å². The number of thiophene rings is 1. The molecule has 1 saturated heterocycles. The van der Waals surface area contributed by atoms with Gasteiger partial charge in [0.25, 0.3) is 0 Å². The zero-order valence-corrected chi connectivity index (χ0v) is 17.8. The first-order chi connectivity index (χ1) is 14.1. The lowest BCUT2D eigenvalue weighted by Gasteiger charge is -2.27. The highest BCUT2D eigenvalue weighted by molar-refractivity contribution is 7.10. The van der Waals surface area contributed by atoms with Gasteiger partial charge in [-0.3, -0.25) is 9.69 Å². The lowest BCUT2D eigenvalue weighted by atomic mass is 10.2. The zero-order chi connectivity index (χ0) is 20.6. The highest BCUT2D eigenvalue weighted by atomic mass is 32.1. The third kappa shape index (κ3) is 6.27. The van der Waals surface area contributed by atoms with Gasteiger partial charge in [-0.2, -0.15) is 0 Å². The first-order valence-electron chi connectivity index (χ1n) is 9.90. The van der Waals surface area contributed by atoms with Gasteiger partial charge in [-0.15, -0.1) is 11.3 Å². The summed E-state index contributed by atoms with van der Waals surface area (Å²) in [6.45, 7) is 5.15. The summed E-state index contributed by atoms with van der Waals surface area (Å²) in [5.74, 6) is 0.990. The van der Waals surface area contributed by atoms with E-state index in [4.69, 9.17) is 14.2 Å². The molecule has 1 aliphatic heterocycles. The van der Waals surface area contributed by atoms with E-state index >= 15 is 0 Å². The van der Waals surface area contributed by atoms with Crippen LogP contribution in [0.25, 0.3) is 0 Å². The lowest BCUT2D eigenvalue weighted by molar-refractivity contribution is 0.0313. The van der Waals surface area contributed by atoms with E-state index in [-0.39, 0.29) is 12.7 Å². The van der Waals surface area contributed by atoms with Crippen molar-refractivity contribution in [3.8, 4) is 11.5 Å². The Balaban J connectivity index is 1.59. The minimum absolute atomic E-state index is 0.141. The Morgan fingerprint density at radius 1 is 1.38 bits per heavy atom. The van der Waals surface area contributed by atoms with Crippen LogP contribution in [-0.2, 0) is 11.3 Å². The van der Waals surface area contributed by atoms with Crippen molar-refractivity contribution in [2.24, 2.45) is 0 Å². The molecule has 0 bridgehead atoms. The van der Waals surface area contributed by atoms with Crippen molar-refractivity contribution in [2.45, 2.75) is 38.5 Å². The normalized spacial score (nSPS) is 17.4. The van der Waals surface area contributed by atoms with Crippen LogP contribution < -0.4 is 9.47 Å². The van der Waals surface area contributed by atoms with Crippen LogP contribution in [0.3, 0.4) is 0 Å². The van der Waals surface area contributed by atoms with Gasteiger partial charge < -0.3 is 19.3 Å². The van der Waals surface area contributed by atoms with Crippen molar-refractivity contribution in [3.05, 3.63) is 45.6 Å². The largest absolute Gasteiger partial charge is 0.493 e. The summed E-state index contributed by atoms with van der Waals surface area (Å²) >= 11 is 1.74. The van der Waals surface area contributed by atoms with Crippen molar-refractivity contribution in [2.75, 3.05) is 33.4 Å². The van der Waals surface area contributed by atoms with Crippen molar-refractivity contribution < 1.29 is 24.1 Å². The number of hydrogen-bond donors (Lipinski definition) is 1. The SMILES string of the molecule is COc1cc(C=O)ccc1OCC(O)CN(Cc1sccc1C)CC1CCCO1. The molecule has 2 unspecified atom stereocenters. The Morgan fingerprint density at radius 3 is 2.90 bits per heavy atom. The monoisotopic (exact) mass is 419 g/mol. The Kier molecular flexibility index (Phi) is 8.06. The second-order valence-corrected chi connectivity index (χ2v) is 8.35. The first kappa shape index (κ1) is 21.8. The predicted octanol–water partition coefficient (Wildman–Crippen LogP) is 3.30. The maximum atomic E-state index is 10.9. The van der Waals surface area contributed by atoms with Crippen LogP contribution in [0.2, 0.25) is 0 Å². The molecule has 2 atom stereocenters. The molecule has 0 radical (unpaired) electrons. The van der Waals surface area contributed by atoms with Gasteiger partial charge in [0.1, 0.15) is 19.0 Å². The molecule has 1 N–H and O–H groups in total. The number of aliphatic hydroxyl groups excluding tert-OH is 1. The van der Waals surface area contributed by atoms with Gasteiger partial charge in [0.2, 0.25) is 0 Å². The van der Waals surface area contributed by atoms with Gasteiger partial charge in [-0.25, -0.2) is 0 Å². The molecule has 0 spiro atoms. The van der Waals surface area contributed by atoms with E-state index in [0.29, 0.717) is 23.6 Å². The number of rotatable bonds is 11. The Morgan fingerprint density at radius 2 is 2.24 bits per heavy atom. The second-order valence-electron chi connectivity index (χ2n) is 7.35. The van der Waals surface area contributed by atoms with Crippen molar-refractivity contribution >= 4 is 17.6 Å². The molecule has 7 heteroatoms. The van der Waals surface area contributed by atoms with E-state index in [0.717, 1.165) is 38.8 Å². The number of benzene rings is 1. The average Bonchev–Trinajstić information content (AvgIpc) is 3.38. The van der Waals surface area contributed by atoms with E-state index in [1.165, 1.54) is 17.6 Å². The molecular weight excluding hydrogens is 390 g/mol. The number of carbonyl (C=O) groups is 1.